The molecule has 3 nitrogen and oxygen atoms in total. The second kappa shape index (κ2) is 6.10. The van der Waals surface area contributed by atoms with Crippen molar-refractivity contribution in [3.63, 3.8) is 0 Å². The fraction of sp³-hybridized carbons (Fsp3) is 0.500. The van der Waals surface area contributed by atoms with Crippen molar-refractivity contribution in [2.45, 2.75) is 12.8 Å². The Labute approximate surface area is 111 Å². The summed E-state index contributed by atoms with van der Waals surface area (Å²) in [6.45, 7) is 2.05. The maximum absolute atomic E-state index is 13.1. The van der Waals surface area contributed by atoms with Gasteiger partial charge in [0.2, 0.25) is 0 Å². The van der Waals surface area contributed by atoms with Crippen LogP contribution in [0.15, 0.2) is 18.2 Å². The lowest BCUT2D eigenvalue weighted by molar-refractivity contribution is 0.0497. The quantitative estimate of drug-likeness (QED) is 0.843. The summed E-state index contributed by atoms with van der Waals surface area (Å²) < 4.78 is 31.2. The van der Waals surface area contributed by atoms with Crippen LogP contribution >= 0.6 is 0 Å². The van der Waals surface area contributed by atoms with Gasteiger partial charge in [0.15, 0.2) is 11.6 Å². The minimum Gasteiger partial charge on any atom is -0.381 e. The van der Waals surface area contributed by atoms with Gasteiger partial charge in [0, 0.05) is 32.4 Å². The second-order valence-electron chi connectivity index (χ2n) is 4.87. The lowest BCUT2D eigenvalue weighted by Gasteiger charge is -2.27. The second-order valence-corrected chi connectivity index (χ2v) is 4.87. The summed E-state index contributed by atoms with van der Waals surface area (Å²) in [7, 11) is 1.68. The largest absolute Gasteiger partial charge is 0.381 e. The molecule has 1 aromatic carbocycles. The van der Waals surface area contributed by atoms with E-state index in [-0.39, 0.29) is 11.5 Å². The van der Waals surface area contributed by atoms with E-state index in [2.05, 4.69) is 0 Å². The van der Waals surface area contributed by atoms with E-state index < -0.39 is 11.6 Å². The number of hydrogen-bond acceptors (Lipinski definition) is 2. The average molecular weight is 269 g/mol. The zero-order chi connectivity index (χ0) is 13.8. The predicted octanol–water partition coefficient (Wildman–Crippen LogP) is 2.46. The van der Waals surface area contributed by atoms with Gasteiger partial charge in [-0.05, 0) is 37.0 Å². The topological polar surface area (TPSA) is 29.5 Å². The Balaban J connectivity index is 1.99. The first-order chi connectivity index (χ1) is 9.08. The van der Waals surface area contributed by atoms with Gasteiger partial charge in [-0.25, -0.2) is 8.78 Å². The van der Waals surface area contributed by atoms with Crippen LogP contribution in [0.5, 0.6) is 0 Å². The van der Waals surface area contributed by atoms with E-state index in [0.29, 0.717) is 12.5 Å². The van der Waals surface area contributed by atoms with Gasteiger partial charge in [0.25, 0.3) is 5.91 Å². The molecule has 0 aliphatic carbocycles. The Morgan fingerprint density at radius 1 is 1.32 bits per heavy atom. The van der Waals surface area contributed by atoms with Gasteiger partial charge in [-0.3, -0.25) is 4.79 Å². The third-order valence-electron chi connectivity index (χ3n) is 3.39. The van der Waals surface area contributed by atoms with Crippen molar-refractivity contribution in [1.29, 1.82) is 0 Å². The number of benzene rings is 1. The first-order valence-electron chi connectivity index (χ1n) is 6.36. The van der Waals surface area contributed by atoms with Gasteiger partial charge in [-0.2, -0.15) is 0 Å². The van der Waals surface area contributed by atoms with E-state index in [4.69, 9.17) is 4.74 Å². The number of rotatable bonds is 3. The van der Waals surface area contributed by atoms with Crippen LogP contribution in [-0.4, -0.2) is 37.6 Å². The summed E-state index contributed by atoms with van der Waals surface area (Å²) in [5.41, 5.74) is 0.174. The molecule has 1 aliphatic rings. The summed E-state index contributed by atoms with van der Waals surface area (Å²) >= 11 is 0. The van der Waals surface area contributed by atoms with E-state index in [1.807, 2.05) is 0 Å². The van der Waals surface area contributed by atoms with Crippen LogP contribution in [-0.2, 0) is 4.74 Å². The monoisotopic (exact) mass is 269 g/mol. The van der Waals surface area contributed by atoms with Crippen LogP contribution in [0.3, 0.4) is 0 Å². The number of hydrogen-bond donors (Lipinski definition) is 0. The molecule has 0 bridgehead atoms. The highest BCUT2D eigenvalue weighted by atomic mass is 19.2. The van der Waals surface area contributed by atoms with Gasteiger partial charge in [0.05, 0.1) is 0 Å². The summed E-state index contributed by atoms with van der Waals surface area (Å²) in [4.78, 5) is 13.6. The minimum absolute atomic E-state index is 0.174. The third-order valence-corrected chi connectivity index (χ3v) is 3.39. The maximum Gasteiger partial charge on any atom is 0.253 e. The number of ether oxygens (including phenoxy) is 1. The van der Waals surface area contributed by atoms with Gasteiger partial charge in [-0.1, -0.05) is 0 Å². The van der Waals surface area contributed by atoms with Crippen molar-refractivity contribution >= 4 is 5.91 Å². The summed E-state index contributed by atoms with van der Waals surface area (Å²) in [6, 6.07) is 3.23. The summed E-state index contributed by atoms with van der Waals surface area (Å²) in [5.74, 6) is -1.81. The fourth-order valence-corrected chi connectivity index (χ4v) is 2.25. The maximum atomic E-state index is 13.1. The minimum atomic E-state index is -0.995. The van der Waals surface area contributed by atoms with E-state index in [1.165, 1.54) is 6.07 Å². The Morgan fingerprint density at radius 2 is 2.00 bits per heavy atom. The van der Waals surface area contributed by atoms with Crippen molar-refractivity contribution in [2.24, 2.45) is 5.92 Å². The molecule has 1 fully saturated rings. The van der Waals surface area contributed by atoms with Gasteiger partial charge in [-0.15, -0.1) is 0 Å². The van der Waals surface area contributed by atoms with E-state index >= 15 is 0 Å². The molecule has 1 aliphatic heterocycles. The molecular weight excluding hydrogens is 252 g/mol. The molecule has 1 aromatic rings. The Kier molecular flexibility index (Phi) is 4.47. The molecule has 1 heterocycles. The fourth-order valence-electron chi connectivity index (χ4n) is 2.25. The van der Waals surface area contributed by atoms with Crippen molar-refractivity contribution in [3.05, 3.63) is 35.4 Å². The Bertz CT molecular complexity index is 459. The van der Waals surface area contributed by atoms with Gasteiger partial charge < -0.3 is 9.64 Å². The number of amides is 1. The molecule has 0 atom stereocenters. The smallest absolute Gasteiger partial charge is 0.253 e. The molecule has 5 heteroatoms. The molecule has 0 aromatic heterocycles. The van der Waals surface area contributed by atoms with Gasteiger partial charge in [0.1, 0.15) is 0 Å². The van der Waals surface area contributed by atoms with Crippen LogP contribution in [0.2, 0.25) is 0 Å². The number of carbonyl (C=O) groups is 1. The van der Waals surface area contributed by atoms with E-state index in [9.17, 15) is 13.6 Å². The first-order valence-corrected chi connectivity index (χ1v) is 6.36. The zero-order valence-corrected chi connectivity index (χ0v) is 10.9. The molecule has 19 heavy (non-hydrogen) atoms. The van der Waals surface area contributed by atoms with E-state index in [0.717, 1.165) is 38.2 Å². The highest BCUT2D eigenvalue weighted by Gasteiger charge is 2.20. The van der Waals surface area contributed by atoms with Gasteiger partial charge >= 0.3 is 0 Å². The Hall–Kier alpha value is -1.49. The lowest BCUT2D eigenvalue weighted by Crippen LogP contribution is -2.34. The molecule has 0 saturated carbocycles. The van der Waals surface area contributed by atoms with Crippen molar-refractivity contribution in [2.75, 3.05) is 26.8 Å². The molecule has 104 valence electrons. The predicted molar refractivity (Wildman–Crippen MR) is 66.9 cm³/mol. The highest BCUT2D eigenvalue weighted by Crippen LogP contribution is 2.17. The van der Waals surface area contributed by atoms with E-state index in [1.54, 1.807) is 11.9 Å². The SMILES string of the molecule is CN(CC1CCOCC1)C(=O)c1ccc(F)c(F)c1. The van der Waals surface area contributed by atoms with Crippen LogP contribution in [0.4, 0.5) is 8.78 Å². The molecule has 0 unspecified atom stereocenters. The lowest BCUT2D eigenvalue weighted by atomic mass is 9.99. The van der Waals surface area contributed by atoms with Crippen LogP contribution in [0.1, 0.15) is 23.2 Å². The Morgan fingerprint density at radius 3 is 2.63 bits per heavy atom. The summed E-state index contributed by atoms with van der Waals surface area (Å²) in [6.07, 6.45) is 1.85. The van der Waals surface area contributed by atoms with Crippen molar-refractivity contribution in [1.82, 2.24) is 4.90 Å². The summed E-state index contributed by atoms with van der Waals surface area (Å²) in [5, 5.41) is 0. The molecule has 1 saturated heterocycles. The molecule has 0 radical (unpaired) electrons. The standard InChI is InChI=1S/C14H17F2NO2/c1-17(9-10-4-6-19-7-5-10)14(18)11-2-3-12(15)13(16)8-11/h2-3,8,10H,4-7,9H2,1H3. The number of carbonyl (C=O) groups excluding carboxylic acids is 1. The average Bonchev–Trinajstić information content (AvgIpc) is 2.42. The molecule has 1 amide bonds. The third kappa shape index (κ3) is 3.50. The molecule has 2 rings (SSSR count). The highest BCUT2D eigenvalue weighted by molar-refractivity contribution is 5.94. The van der Waals surface area contributed by atoms with Crippen LogP contribution in [0, 0.1) is 17.6 Å². The molecule has 0 N–H and O–H groups in total. The van der Waals surface area contributed by atoms with Crippen molar-refractivity contribution in [3.8, 4) is 0 Å². The van der Waals surface area contributed by atoms with Crippen LogP contribution in [0.25, 0.3) is 0 Å². The first kappa shape index (κ1) is 13.9. The van der Waals surface area contributed by atoms with Crippen molar-refractivity contribution < 1.29 is 18.3 Å². The molecular formula is C14H17F2NO2. The van der Waals surface area contributed by atoms with Crippen LogP contribution < -0.4 is 0 Å². The zero-order valence-electron chi connectivity index (χ0n) is 10.9. The number of halogens is 2. The normalized spacial score (nSPS) is 16.4. The molecule has 0 spiro atoms. The number of nitrogens with zero attached hydrogens (tertiary/aromatic N) is 1.